The Kier molecular flexibility index (Phi) is 8.45. The van der Waals surface area contributed by atoms with Crippen molar-refractivity contribution in [2.45, 2.75) is 89.1 Å². The van der Waals surface area contributed by atoms with E-state index in [9.17, 15) is 14.5 Å². The minimum Gasteiger partial charge on any atom is -0.476 e. The topological polar surface area (TPSA) is 182 Å². The third-order valence-corrected chi connectivity index (χ3v) is 7.68. The molecule has 218 valence electrons. The van der Waals surface area contributed by atoms with E-state index in [0.29, 0.717) is 0 Å². The fraction of sp³-hybridized carbons (Fsp3) is 0.727. The van der Waals surface area contributed by atoms with E-state index < -0.39 is 43.6 Å². The van der Waals surface area contributed by atoms with E-state index in [1.54, 1.807) is 6.92 Å². The molecule has 17 heteroatoms. The van der Waals surface area contributed by atoms with E-state index in [-0.39, 0.29) is 35.7 Å². The molecule has 4 N–H and O–H groups in total. The molecule has 0 radical (unpaired) electrons. The summed E-state index contributed by atoms with van der Waals surface area (Å²) in [6, 6.07) is -4.72. The predicted octanol–water partition coefficient (Wildman–Crippen LogP) is 2.67. The van der Waals surface area contributed by atoms with Gasteiger partial charge in [-0.3, -0.25) is 18.7 Å². The summed E-state index contributed by atoms with van der Waals surface area (Å²) in [6.07, 6.45) is 0.823. The van der Waals surface area contributed by atoms with Gasteiger partial charge < -0.3 is 20.3 Å². The van der Waals surface area contributed by atoms with Crippen molar-refractivity contribution < 1.29 is 47.0 Å². The normalized spacial score (nSPS) is 30.2. The number of aliphatic hydroxyl groups is 1. The first-order chi connectivity index (χ1) is 18.3. The molecule has 0 spiro atoms. The van der Waals surface area contributed by atoms with Crippen LogP contribution in [0.15, 0.2) is 6.33 Å². The van der Waals surface area contributed by atoms with E-state index in [2.05, 4.69) is 24.9 Å². The van der Waals surface area contributed by atoms with Gasteiger partial charge in [0.15, 0.2) is 29.2 Å². The van der Waals surface area contributed by atoms with E-state index in [1.165, 1.54) is 6.92 Å². The number of rotatable bonds is 10. The Morgan fingerprint density at radius 3 is 2.72 bits per heavy atom. The van der Waals surface area contributed by atoms with Gasteiger partial charge in [-0.25, -0.2) is 14.5 Å². The maximum Gasteiger partial charge on any atom is 0.379 e. The van der Waals surface area contributed by atoms with Crippen LogP contribution in [0.2, 0.25) is 0 Å². The number of carbonyl (C=O) groups is 1. The van der Waals surface area contributed by atoms with E-state index in [0.717, 1.165) is 56.6 Å². The maximum absolute atomic E-state index is 15.7. The molecule has 1 saturated heterocycles. The number of alkyl halides is 2. The Bertz CT molecular complexity index is 1240. The second-order valence-electron chi connectivity index (χ2n) is 9.80. The second-order valence-corrected chi connectivity index (χ2v) is 11.9. The summed E-state index contributed by atoms with van der Waals surface area (Å²) < 4.78 is 65.9. The molecular weight excluding hydrogens is 545 g/mol. The lowest BCUT2D eigenvalue weighted by molar-refractivity contribution is -0.447. The number of halogens is 2. The lowest BCUT2D eigenvalue weighted by Gasteiger charge is -2.26. The zero-order chi connectivity index (χ0) is 28.6. The van der Waals surface area contributed by atoms with Gasteiger partial charge in [-0.1, -0.05) is 6.42 Å². The van der Waals surface area contributed by atoms with Gasteiger partial charge in [0.25, 0.3) is 7.52 Å². The minimum absolute atomic E-state index is 0.0121. The molecule has 1 aliphatic carbocycles. The van der Waals surface area contributed by atoms with Gasteiger partial charge in [0.2, 0.25) is 11.8 Å². The monoisotopic (exact) mass is 578 g/mol. The first-order valence-electron chi connectivity index (χ1n) is 12.6. The highest BCUT2D eigenvalue weighted by molar-refractivity contribution is 7.55. The molecule has 3 heterocycles. The summed E-state index contributed by atoms with van der Waals surface area (Å²) in [5.41, 5.74) is 2.91. The van der Waals surface area contributed by atoms with Gasteiger partial charge in [0.05, 0.1) is 12.9 Å². The SMILES string of the molecule is CCOc1nc(N)nc2c1ncn2[C@@H]1O[C@](F)(OO[P@](C)(=O)N[C@@H](C)C(=O)OC2CCCCC2)[C@@H](O)[C@@]1(C)F. The number of nitrogen functional groups attached to an aromatic ring is 1. The van der Waals surface area contributed by atoms with Crippen molar-refractivity contribution >= 4 is 30.6 Å². The highest BCUT2D eigenvalue weighted by Crippen LogP contribution is 2.51. The summed E-state index contributed by atoms with van der Waals surface area (Å²) in [4.78, 5) is 29.0. The standard InChI is InChI=1S/C22H33F2N6O8P/c1-5-34-16-14-15(27-20(25)28-16)30(11-26-14)19-21(3,23)18(32)22(24,36-19)37-38-39(4,33)29-12(2)17(31)35-13-9-7-6-8-10-13/h11-13,18-19,32H,5-10H2,1-4H3,(H,29,33)(H2,25,27,28)/t12-,18-,19+,21+,22-,39-/m0/s1. The number of nitrogens with two attached hydrogens (primary N) is 1. The van der Waals surface area contributed by atoms with Crippen molar-refractivity contribution in [3.8, 4) is 5.88 Å². The zero-order valence-electron chi connectivity index (χ0n) is 22.0. The third-order valence-electron chi connectivity index (χ3n) is 6.47. The van der Waals surface area contributed by atoms with Gasteiger partial charge in [-0.2, -0.15) is 23.9 Å². The van der Waals surface area contributed by atoms with Gasteiger partial charge in [0.1, 0.15) is 12.1 Å². The van der Waals surface area contributed by atoms with Gasteiger partial charge in [0, 0.05) is 6.66 Å². The highest BCUT2D eigenvalue weighted by Gasteiger charge is 2.67. The molecule has 0 bridgehead atoms. The van der Waals surface area contributed by atoms with Crippen LogP contribution in [-0.2, 0) is 28.4 Å². The van der Waals surface area contributed by atoms with Gasteiger partial charge >= 0.3 is 12.0 Å². The summed E-state index contributed by atoms with van der Waals surface area (Å²) in [5.74, 6) is -0.888. The Morgan fingerprint density at radius 1 is 1.36 bits per heavy atom. The highest BCUT2D eigenvalue weighted by atomic mass is 31.2. The lowest BCUT2D eigenvalue weighted by Crippen LogP contribution is -2.46. The minimum atomic E-state index is -4.06. The molecule has 0 aromatic carbocycles. The second kappa shape index (κ2) is 11.2. The van der Waals surface area contributed by atoms with Gasteiger partial charge in [-0.15, -0.1) is 0 Å². The van der Waals surface area contributed by atoms with Crippen molar-refractivity contribution in [1.82, 2.24) is 24.6 Å². The van der Waals surface area contributed by atoms with Crippen molar-refractivity contribution in [3.63, 3.8) is 0 Å². The van der Waals surface area contributed by atoms with E-state index in [4.69, 9.17) is 24.6 Å². The molecular formula is C22H33F2N6O8P. The molecule has 0 amide bonds. The average molecular weight is 579 g/mol. The lowest BCUT2D eigenvalue weighted by atomic mass is 9.98. The summed E-state index contributed by atoms with van der Waals surface area (Å²) in [5, 5.41) is 12.9. The number of aliphatic hydroxyl groups excluding tert-OH is 1. The van der Waals surface area contributed by atoms with Crippen LogP contribution in [0.5, 0.6) is 5.88 Å². The molecule has 2 aromatic heterocycles. The smallest absolute Gasteiger partial charge is 0.379 e. The molecule has 1 saturated carbocycles. The van der Waals surface area contributed by atoms with Gasteiger partial charge in [-0.05, 0) is 46.5 Å². The molecule has 2 aliphatic rings. The largest absolute Gasteiger partial charge is 0.476 e. The maximum atomic E-state index is 15.7. The van der Waals surface area contributed by atoms with Crippen LogP contribution in [0.25, 0.3) is 11.2 Å². The van der Waals surface area contributed by atoms with Crippen molar-refractivity contribution in [2.75, 3.05) is 19.0 Å². The Labute approximate surface area is 222 Å². The molecule has 4 rings (SSSR count). The quantitative estimate of drug-likeness (QED) is 0.162. The molecule has 2 aromatic rings. The summed E-state index contributed by atoms with van der Waals surface area (Å²) in [6.45, 7) is 5.18. The molecule has 6 atom stereocenters. The number of hydrogen-bond donors (Lipinski definition) is 3. The predicted molar refractivity (Wildman–Crippen MR) is 132 cm³/mol. The zero-order valence-corrected chi connectivity index (χ0v) is 22.9. The number of hydrogen-bond acceptors (Lipinski definition) is 12. The van der Waals surface area contributed by atoms with Crippen LogP contribution in [0.1, 0.15) is 59.1 Å². The van der Waals surface area contributed by atoms with Crippen LogP contribution in [0.3, 0.4) is 0 Å². The van der Waals surface area contributed by atoms with E-state index in [1.807, 2.05) is 0 Å². The van der Waals surface area contributed by atoms with E-state index >= 15 is 8.78 Å². The Balaban J connectivity index is 1.46. The first kappa shape index (κ1) is 29.5. The number of fused-ring (bicyclic) bond motifs is 1. The van der Waals surface area contributed by atoms with Crippen molar-refractivity contribution in [1.29, 1.82) is 0 Å². The van der Waals surface area contributed by atoms with Crippen LogP contribution in [0.4, 0.5) is 14.7 Å². The fourth-order valence-corrected chi connectivity index (χ4v) is 5.61. The van der Waals surface area contributed by atoms with Crippen LogP contribution in [-0.4, -0.2) is 73.8 Å². The van der Waals surface area contributed by atoms with Crippen LogP contribution >= 0.6 is 7.52 Å². The Hall–Kier alpha value is -2.49. The van der Waals surface area contributed by atoms with Crippen LogP contribution < -0.4 is 15.6 Å². The first-order valence-corrected chi connectivity index (χ1v) is 14.6. The molecule has 0 unspecified atom stereocenters. The number of esters is 1. The van der Waals surface area contributed by atoms with Crippen molar-refractivity contribution in [2.24, 2.45) is 0 Å². The number of aromatic nitrogens is 4. The summed E-state index contributed by atoms with van der Waals surface area (Å²) in [7, 11) is -4.06. The average Bonchev–Trinajstić information content (AvgIpc) is 3.36. The third kappa shape index (κ3) is 6.15. The molecule has 14 nitrogen and oxygen atoms in total. The molecule has 2 fully saturated rings. The fourth-order valence-electron chi connectivity index (χ4n) is 4.51. The number of carbonyl (C=O) groups excluding carboxylic acids is 1. The number of nitrogens with one attached hydrogen (secondary N) is 1. The van der Waals surface area contributed by atoms with Crippen molar-refractivity contribution in [3.05, 3.63) is 6.33 Å². The number of ether oxygens (including phenoxy) is 3. The summed E-state index contributed by atoms with van der Waals surface area (Å²) >= 11 is 0. The number of nitrogens with zero attached hydrogens (tertiary/aromatic N) is 4. The van der Waals surface area contributed by atoms with Crippen LogP contribution in [0, 0.1) is 0 Å². The molecule has 1 aliphatic heterocycles. The number of imidazole rings is 1. The Morgan fingerprint density at radius 2 is 2.05 bits per heavy atom. The number of anilines is 1. The molecule has 39 heavy (non-hydrogen) atoms.